The molecule has 0 aliphatic carbocycles. The summed E-state index contributed by atoms with van der Waals surface area (Å²) < 4.78 is 13.3. The van der Waals surface area contributed by atoms with E-state index in [1.54, 1.807) is 30.3 Å². The zero-order valence-electron chi connectivity index (χ0n) is 14.5. The second-order valence-electron chi connectivity index (χ2n) is 6.39. The smallest absolute Gasteiger partial charge is 0.187 e. The highest BCUT2D eigenvalue weighted by atomic mass is 19.1. The number of aliphatic hydroxyl groups is 2. The molecule has 0 heterocycles. The van der Waals surface area contributed by atoms with Crippen LogP contribution in [-0.4, -0.2) is 35.8 Å². The van der Waals surface area contributed by atoms with Crippen molar-refractivity contribution in [1.29, 1.82) is 0 Å². The number of benzene rings is 2. The maximum absolute atomic E-state index is 13.3. The van der Waals surface area contributed by atoms with E-state index < -0.39 is 5.60 Å². The number of hydrogen-bond donors (Lipinski definition) is 2. The molecule has 2 aromatic carbocycles. The van der Waals surface area contributed by atoms with E-state index in [1.807, 2.05) is 19.0 Å². The molecule has 1 atom stereocenters. The Morgan fingerprint density at radius 1 is 1.16 bits per heavy atom. The molecule has 132 valence electrons. The summed E-state index contributed by atoms with van der Waals surface area (Å²) in [5.74, 6) is -0.370. The van der Waals surface area contributed by atoms with E-state index >= 15 is 0 Å². The maximum Gasteiger partial charge on any atom is 0.187 e. The van der Waals surface area contributed by atoms with Crippen molar-refractivity contribution in [2.24, 2.45) is 0 Å². The Labute approximate surface area is 148 Å². The quantitative estimate of drug-likeness (QED) is 0.758. The number of hydrogen-bond acceptors (Lipinski definition) is 3. The summed E-state index contributed by atoms with van der Waals surface area (Å²) in [5.41, 5.74) is 0.668. The maximum atomic E-state index is 13.3. The average Bonchev–Trinajstić information content (AvgIpc) is 2.61. The van der Waals surface area contributed by atoms with Crippen LogP contribution in [0.25, 0.3) is 4.85 Å². The Balaban J connectivity index is 2.51. The molecule has 0 saturated carbocycles. The summed E-state index contributed by atoms with van der Waals surface area (Å²) in [4.78, 5) is 5.40. The van der Waals surface area contributed by atoms with Gasteiger partial charge >= 0.3 is 0 Å². The molecule has 0 aliphatic rings. The van der Waals surface area contributed by atoms with Crippen LogP contribution in [-0.2, 0) is 12.2 Å². The van der Waals surface area contributed by atoms with Gasteiger partial charge in [-0.05, 0) is 62.3 Å². The molecule has 0 aromatic heterocycles. The van der Waals surface area contributed by atoms with Crippen LogP contribution >= 0.6 is 0 Å². The SMILES string of the molecule is [C-]#[N+]c1ccc([C@](O)(CCCN(C)C)c2ccc(F)cc2)c(CO)c1. The Morgan fingerprint density at radius 2 is 1.84 bits per heavy atom. The Hall–Kier alpha value is -2.26. The molecule has 5 heteroatoms. The molecule has 25 heavy (non-hydrogen) atoms. The first-order valence-electron chi connectivity index (χ1n) is 8.15. The zero-order valence-corrected chi connectivity index (χ0v) is 14.5. The molecule has 4 nitrogen and oxygen atoms in total. The summed E-state index contributed by atoms with van der Waals surface area (Å²) in [7, 11) is 3.92. The van der Waals surface area contributed by atoms with Gasteiger partial charge in [-0.15, -0.1) is 0 Å². The molecule has 0 bridgehead atoms. The molecular weight excluding hydrogens is 319 g/mol. The monoisotopic (exact) mass is 342 g/mol. The molecule has 0 aliphatic heterocycles. The van der Waals surface area contributed by atoms with E-state index in [0.29, 0.717) is 28.8 Å². The van der Waals surface area contributed by atoms with Crippen LogP contribution < -0.4 is 0 Å². The highest BCUT2D eigenvalue weighted by molar-refractivity contribution is 5.52. The fraction of sp³-hybridized carbons (Fsp3) is 0.350. The van der Waals surface area contributed by atoms with Gasteiger partial charge in [-0.2, -0.15) is 0 Å². The van der Waals surface area contributed by atoms with Gasteiger partial charge < -0.3 is 15.1 Å². The lowest BCUT2D eigenvalue weighted by atomic mass is 9.80. The van der Waals surface area contributed by atoms with Crippen molar-refractivity contribution in [3.05, 3.63) is 76.4 Å². The standard InChI is InChI=1S/C20H23FN2O2/c1-22-18-9-10-19(15(13-18)14-24)20(25,11-4-12-23(2)3)16-5-7-17(21)8-6-16/h5-10,13,24-25H,4,11-12,14H2,2-3H3/t20-/m0/s1. The van der Waals surface area contributed by atoms with E-state index in [-0.39, 0.29) is 12.4 Å². The van der Waals surface area contributed by atoms with Crippen LogP contribution in [0, 0.1) is 12.4 Å². The van der Waals surface area contributed by atoms with E-state index in [4.69, 9.17) is 6.57 Å². The molecule has 0 radical (unpaired) electrons. The molecule has 2 rings (SSSR count). The molecule has 0 amide bonds. The molecule has 0 spiro atoms. The lowest BCUT2D eigenvalue weighted by Gasteiger charge is -2.32. The van der Waals surface area contributed by atoms with E-state index in [9.17, 15) is 14.6 Å². The van der Waals surface area contributed by atoms with Crippen LogP contribution in [0.4, 0.5) is 10.1 Å². The third kappa shape index (κ3) is 4.43. The molecule has 2 aromatic rings. The van der Waals surface area contributed by atoms with Crippen LogP contribution in [0.15, 0.2) is 42.5 Å². The van der Waals surface area contributed by atoms with Crippen molar-refractivity contribution < 1.29 is 14.6 Å². The summed E-state index contributed by atoms with van der Waals surface area (Å²) in [6, 6.07) is 10.7. The molecule has 0 unspecified atom stereocenters. The molecule has 2 N–H and O–H groups in total. The van der Waals surface area contributed by atoms with Gasteiger partial charge in [0.05, 0.1) is 13.2 Å². The first-order valence-corrected chi connectivity index (χ1v) is 8.15. The normalized spacial score (nSPS) is 13.5. The molecular formula is C20H23FN2O2. The highest BCUT2D eigenvalue weighted by Crippen LogP contribution is 2.37. The summed E-state index contributed by atoms with van der Waals surface area (Å²) in [5, 5.41) is 21.2. The topological polar surface area (TPSA) is 48.1 Å². The Bertz CT molecular complexity index is 753. The second kappa shape index (κ2) is 8.21. The number of aliphatic hydroxyl groups excluding tert-OH is 1. The van der Waals surface area contributed by atoms with Gasteiger partial charge in [-0.25, -0.2) is 9.24 Å². The third-order valence-electron chi connectivity index (χ3n) is 4.30. The lowest BCUT2D eigenvalue weighted by Crippen LogP contribution is -2.30. The van der Waals surface area contributed by atoms with Crippen molar-refractivity contribution in [2.45, 2.75) is 25.0 Å². The molecule has 0 fully saturated rings. The minimum Gasteiger partial charge on any atom is -0.392 e. The van der Waals surface area contributed by atoms with Crippen molar-refractivity contribution in [3.63, 3.8) is 0 Å². The van der Waals surface area contributed by atoms with Gasteiger partial charge in [0, 0.05) is 0 Å². The minimum atomic E-state index is -1.36. The first kappa shape index (κ1) is 19.1. The van der Waals surface area contributed by atoms with Crippen molar-refractivity contribution in [3.8, 4) is 0 Å². The number of nitrogens with zero attached hydrogens (tertiary/aromatic N) is 2. The molecule has 0 saturated heterocycles. The summed E-state index contributed by atoms with van der Waals surface area (Å²) >= 11 is 0. The lowest BCUT2D eigenvalue weighted by molar-refractivity contribution is 0.0641. The van der Waals surface area contributed by atoms with Crippen LogP contribution in [0.2, 0.25) is 0 Å². The van der Waals surface area contributed by atoms with Crippen LogP contribution in [0.1, 0.15) is 29.5 Å². The van der Waals surface area contributed by atoms with Crippen molar-refractivity contribution >= 4 is 5.69 Å². The van der Waals surface area contributed by atoms with Gasteiger partial charge in [0.2, 0.25) is 0 Å². The fourth-order valence-electron chi connectivity index (χ4n) is 3.00. The van der Waals surface area contributed by atoms with Crippen molar-refractivity contribution in [2.75, 3.05) is 20.6 Å². The summed E-state index contributed by atoms with van der Waals surface area (Å²) in [6.45, 7) is 7.63. The number of rotatable bonds is 7. The number of halogens is 1. The largest absolute Gasteiger partial charge is 0.392 e. The van der Waals surface area contributed by atoms with Crippen molar-refractivity contribution in [1.82, 2.24) is 4.90 Å². The van der Waals surface area contributed by atoms with Gasteiger partial charge in [-0.1, -0.05) is 30.3 Å². The van der Waals surface area contributed by atoms with Gasteiger partial charge in [-0.3, -0.25) is 0 Å². The summed E-state index contributed by atoms with van der Waals surface area (Å²) in [6.07, 6.45) is 1.14. The van der Waals surface area contributed by atoms with Gasteiger partial charge in [0.1, 0.15) is 11.4 Å². The Kier molecular flexibility index (Phi) is 6.27. The Morgan fingerprint density at radius 3 is 2.40 bits per heavy atom. The third-order valence-corrected chi connectivity index (χ3v) is 4.30. The first-order chi connectivity index (χ1) is 11.9. The predicted molar refractivity (Wildman–Crippen MR) is 95.8 cm³/mol. The highest BCUT2D eigenvalue weighted by Gasteiger charge is 2.33. The van der Waals surface area contributed by atoms with E-state index in [1.165, 1.54) is 12.1 Å². The van der Waals surface area contributed by atoms with E-state index in [0.717, 1.165) is 13.0 Å². The van der Waals surface area contributed by atoms with Gasteiger partial charge in [0.25, 0.3) is 0 Å². The van der Waals surface area contributed by atoms with E-state index in [2.05, 4.69) is 4.85 Å². The average molecular weight is 342 g/mol. The second-order valence-corrected chi connectivity index (χ2v) is 6.39. The van der Waals surface area contributed by atoms with Gasteiger partial charge in [0.15, 0.2) is 5.69 Å². The fourth-order valence-corrected chi connectivity index (χ4v) is 3.00. The zero-order chi connectivity index (χ0) is 18.4. The van der Waals surface area contributed by atoms with Crippen LogP contribution in [0.5, 0.6) is 0 Å². The van der Waals surface area contributed by atoms with Crippen LogP contribution in [0.3, 0.4) is 0 Å². The minimum absolute atomic E-state index is 0.282. The predicted octanol–water partition coefficient (Wildman–Crippen LogP) is 3.45.